The van der Waals surface area contributed by atoms with E-state index in [9.17, 15) is 14.7 Å². The Balaban J connectivity index is 1.92. The van der Waals surface area contributed by atoms with E-state index in [-0.39, 0.29) is 6.42 Å². The van der Waals surface area contributed by atoms with Crippen molar-refractivity contribution in [2.24, 2.45) is 0 Å². The number of nitrogens with zero attached hydrogens (tertiary/aromatic N) is 1. The summed E-state index contributed by atoms with van der Waals surface area (Å²) in [5.74, 6) is -1.49. The summed E-state index contributed by atoms with van der Waals surface area (Å²) in [4.78, 5) is 27.4. The molecule has 1 aromatic carbocycles. The van der Waals surface area contributed by atoms with Crippen molar-refractivity contribution in [3.05, 3.63) is 58.9 Å². The maximum atomic E-state index is 12.1. The summed E-state index contributed by atoms with van der Waals surface area (Å²) >= 11 is 6.01. The topological polar surface area (TPSA) is 91.3 Å². The minimum absolute atomic E-state index is 0.193. The molecule has 126 valence electrons. The van der Waals surface area contributed by atoms with E-state index >= 15 is 0 Å². The first-order chi connectivity index (χ1) is 11.5. The van der Waals surface area contributed by atoms with Gasteiger partial charge in [-0.15, -0.1) is 0 Å². The Morgan fingerprint density at radius 3 is 2.75 bits per heavy atom. The van der Waals surface area contributed by atoms with Crippen LogP contribution in [0.15, 0.2) is 42.7 Å². The fraction of sp³-hybridized carbons (Fsp3) is 0.235. The number of carboxylic acid groups (broad SMARTS) is 1. The van der Waals surface area contributed by atoms with Crippen LogP contribution in [0.25, 0.3) is 0 Å². The SMILES string of the molecule is Cc1ccc(NC(=O)CC(NCc2cccnc2)C(=O)O)cc1Cl. The number of hydrogen-bond acceptors (Lipinski definition) is 4. The van der Waals surface area contributed by atoms with Gasteiger partial charge < -0.3 is 10.4 Å². The highest BCUT2D eigenvalue weighted by Crippen LogP contribution is 2.20. The van der Waals surface area contributed by atoms with Crippen molar-refractivity contribution in [1.29, 1.82) is 0 Å². The lowest BCUT2D eigenvalue weighted by Crippen LogP contribution is -2.39. The number of anilines is 1. The summed E-state index contributed by atoms with van der Waals surface area (Å²) in [6.45, 7) is 2.17. The van der Waals surface area contributed by atoms with Crippen LogP contribution in [0.3, 0.4) is 0 Å². The first kappa shape index (κ1) is 17.9. The van der Waals surface area contributed by atoms with Crippen LogP contribution >= 0.6 is 11.6 Å². The maximum absolute atomic E-state index is 12.1. The highest BCUT2D eigenvalue weighted by atomic mass is 35.5. The van der Waals surface area contributed by atoms with Gasteiger partial charge in [-0.25, -0.2) is 0 Å². The number of halogens is 1. The minimum atomic E-state index is -1.09. The van der Waals surface area contributed by atoms with Crippen LogP contribution in [0.5, 0.6) is 0 Å². The average Bonchev–Trinajstić information content (AvgIpc) is 2.55. The molecule has 6 nitrogen and oxygen atoms in total. The van der Waals surface area contributed by atoms with Gasteiger partial charge in [-0.05, 0) is 36.2 Å². The number of benzene rings is 1. The Morgan fingerprint density at radius 2 is 2.12 bits per heavy atom. The van der Waals surface area contributed by atoms with Crippen molar-refractivity contribution in [2.45, 2.75) is 25.9 Å². The largest absolute Gasteiger partial charge is 0.480 e. The van der Waals surface area contributed by atoms with E-state index in [2.05, 4.69) is 15.6 Å². The normalized spacial score (nSPS) is 11.8. The number of carboxylic acids is 1. The highest BCUT2D eigenvalue weighted by molar-refractivity contribution is 6.31. The summed E-state index contributed by atoms with van der Waals surface area (Å²) in [6, 6.07) is 7.73. The Labute approximate surface area is 144 Å². The summed E-state index contributed by atoms with van der Waals surface area (Å²) in [5.41, 5.74) is 2.28. The predicted octanol–water partition coefficient (Wildman–Crippen LogP) is 2.62. The van der Waals surface area contributed by atoms with Gasteiger partial charge >= 0.3 is 5.97 Å². The molecule has 0 aliphatic rings. The van der Waals surface area contributed by atoms with Crippen LogP contribution in [0, 0.1) is 6.92 Å². The van der Waals surface area contributed by atoms with Gasteiger partial charge in [0, 0.05) is 29.6 Å². The van der Waals surface area contributed by atoms with E-state index in [1.807, 2.05) is 13.0 Å². The van der Waals surface area contributed by atoms with Crippen molar-refractivity contribution in [3.8, 4) is 0 Å². The van der Waals surface area contributed by atoms with E-state index in [0.29, 0.717) is 17.3 Å². The summed E-state index contributed by atoms with van der Waals surface area (Å²) in [5, 5.41) is 15.3. The van der Waals surface area contributed by atoms with Crippen molar-refractivity contribution < 1.29 is 14.7 Å². The average molecular weight is 348 g/mol. The number of aliphatic carboxylic acids is 1. The van der Waals surface area contributed by atoms with Crippen LogP contribution in [-0.2, 0) is 16.1 Å². The number of rotatable bonds is 7. The molecule has 0 spiro atoms. The monoisotopic (exact) mass is 347 g/mol. The third kappa shape index (κ3) is 5.33. The van der Waals surface area contributed by atoms with Crippen molar-refractivity contribution >= 4 is 29.2 Å². The van der Waals surface area contributed by atoms with Gasteiger partial charge in [0.25, 0.3) is 0 Å². The molecule has 0 radical (unpaired) electrons. The molecule has 3 N–H and O–H groups in total. The molecular formula is C17H18ClN3O3. The van der Waals surface area contributed by atoms with Crippen LogP contribution in [0.2, 0.25) is 5.02 Å². The van der Waals surface area contributed by atoms with Crippen LogP contribution in [-0.4, -0.2) is 28.0 Å². The number of aryl methyl sites for hydroxylation is 1. The Hall–Kier alpha value is -2.44. The predicted molar refractivity (Wildman–Crippen MR) is 91.9 cm³/mol. The lowest BCUT2D eigenvalue weighted by atomic mass is 10.1. The highest BCUT2D eigenvalue weighted by Gasteiger charge is 2.20. The molecule has 7 heteroatoms. The zero-order chi connectivity index (χ0) is 17.5. The molecule has 1 aromatic heterocycles. The Morgan fingerprint density at radius 1 is 1.33 bits per heavy atom. The molecule has 0 saturated carbocycles. The number of carbonyl (C=O) groups is 2. The molecule has 1 atom stereocenters. The number of carbonyl (C=O) groups excluding carboxylic acids is 1. The summed E-state index contributed by atoms with van der Waals surface area (Å²) < 4.78 is 0. The minimum Gasteiger partial charge on any atom is -0.480 e. The van der Waals surface area contributed by atoms with Gasteiger partial charge in [-0.1, -0.05) is 23.7 Å². The van der Waals surface area contributed by atoms with Gasteiger partial charge in [0.1, 0.15) is 6.04 Å². The quantitative estimate of drug-likeness (QED) is 0.716. The first-order valence-corrected chi connectivity index (χ1v) is 7.74. The van der Waals surface area contributed by atoms with Gasteiger partial charge in [0.2, 0.25) is 5.91 Å². The number of hydrogen-bond donors (Lipinski definition) is 3. The fourth-order valence-electron chi connectivity index (χ4n) is 2.06. The molecule has 0 aliphatic heterocycles. The molecule has 24 heavy (non-hydrogen) atoms. The number of nitrogens with one attached hydrogen (secondary N) is 2. The zero-order valence-corrected chi connectivity index (χ0v) is 13.9. The molecule has 2 rings (SSSR count). The van der Waals surface area contributed by atoms with E-state index in [1.165, 1.54) is 0 Å². The second kappa shape index (κ2) is 8.42. The third-order valence-corrected chi connectivity index (χ3v) is 3.83. The molecule has 0 fully saturated rings. The van der Waals surface area contributed by atoms with Gasteiger partial charge in [-0.2, -0.15) is 0 Å². The lowest BCUT2D eigenvalue weighted by Gasteiger charge is -2.14. The van der Waals surface area contributed by atoms with E-state index < -0.39 is 17.9 Å². The molecule has 1 amide bonds. The fourth-order valence-corrected chi connectivity index (χ4v) is 2.24. The standard InChI is InChI=1S/C17H18ClN3O3/c1-11-4-5-13(7-14(11)18)21-16(22)8-15(17(23)24)20-10-12-3-2-6-19-9-12/h2-7,9,15,20H,8,10H2,1H3,(H,21,22)(H,23,24). The Bertz CT molecular complexity index is 722. The molecule has 0 aliphatic carbocycles. The first-order valence-electron chi connectivity index (χ1n) is 7.37. The lowest BCUT2D eigenvalue weighted by molar-refractivity contribution is -0.141. The van der Waals surface area contributed by atoms with Gasteiger partial charge in [0.15, 0.2) is 0 Å². The third-order valence-electron chi connectivity index (χ3n) is 3.42. The molecular weight excluding hydrogens is 330 g/mol. The molecule has 2 aromatic rings. The van der Waals surface area contributed by atoms with Crippen molar-refractivity contribution in [2.75, 3.05) is 5.32 Å². The molecule has 0 bridgehead atoms. The van der Waals surface area contributed by atoms with Gasteiger partial charge in [0.05, 0.1) is 6.42 Å². The summed E-state index contributed by atoms with van der Waals surface area (Å²) in [6.07, 6.45) is 3.08. The van der Waals surface area contributed by atoms with Crippen LogP contribution < -0.4 is 10.6 Å². The molecule has 1 unspecified atom stereocenters. The second-order valence-corrected chi connectivity index (χ2v) is 5.76. The second-order valence-electron chi connectivity index (χ2n) is 5.35. The number of amides is 1. The number of aromatic nitrogens is 1. The smallest absolute Gasteiger partial charge is 0.321 e. The van der Waals surface area contributed by atoms with Crippen molar-refractivity contribution in [1.82, 2.24) is 10.3 Å². The van der Waals surface area contributed by atoms with Crippen LogP contribution in [0.4, 0.5) is 5.69 Å². The summed E-state index contributed by atoms with van der Waals surface area (Å²) in [7, 11) is 0. The number of pyridine rings is 1. The van der Waals surface area contributed by atoms with E-state index in [1.54, 1.807) is 36.7 Å². The van der Waals surface area contributed by atoms with Crippen LogP contribution in [0.1, 0.15) is 17.5 Å². The van der Waals surface area contributed by atoms with Crippen molar-refractivity contribution in [3.63, 3.8) is 0 Å². The molecule has 0 saturated heterocycles. The van der Waals surface area contributed by atoms with Gasteiger partial charge in [-0.3, -0.25) is 19.9 Å². The molecule has 1 heterocycles. The van der Waals surface area contributed by atoms with E-state index in [4.69, 9.17) is 11.6 Å². The Kier molecular flexibility index (Phi) is 6.28. The maximum Gasteiger partial charge on any atom is 0.321 e. The van der Waals surface area contributed by atoms with E-state index in [0.717, 1.165) is 11.1 Å². The zero-order valence-electron chi connectivity index (χ0n) is 13.1.